The molecule has 0 aromatic carbocycles. The molecule has 0 saturated carbocycles. The van der Waals surface area contributed by atoms with Gasteiger partial charge in [-0.25, -0.2) is 0 Å². The summed E-state index contributed by atoms with van der Waals surface area (Å²) in [6, 6.07) is 2.34. The number of likely N-dealkylation sites (N-methyl/N-ethyl adjacent to an activating group) is 1. The lowest BCUT2D eigenvalue weighted by molar-refractivity contribution is 0.0676. The quantitative estimate of drug-likeness (QED) is 0.739. The fourth-order valence-corrected chi connectivity index (χ4v) is 3.77. The second-order valence-corrected chi connectivity index (χ2v) is 7.62. The zero-order valence-corrected chi connectivity index (χ0v) is 13.8. The van der Waals surface area contributed by atoms with Crippen molar-refractivity contribution in [3.8, 4) is 0 Å². The second-order valence-electron chi connectivity index (χ2n) is 4.82. The summed E-state index contributed by atoms with van der Waals surface area (Å²) >= 11 is 3.91. The van der Waals surface area contributed by atoms with Gasteiger partial charge in [0, 0.05) is 24.5 Å². The summed E-state index contributed by atoms with van der Waals surface area (Å²) in [5.74, 6) is 0.205. The summed E-state index contributed by atoms with van der Waals surface area (Å²) < 4.78 is 1.18. The highest BCUT2D eigenvalue weighted by Crippen LogP contribution is 2.21. The molecular formula is C13H19IN2OS. The smallest absolute Gasteiger partial charge is 0.255 e. The first-order valence-corrected chi connectivity index (χ1v) is 8.31. The Hall–Kier alpha value is -0.140. The van der Waals surface area contributed by atoms with Crippen LogP contribution in [0, 0.1) is 2.88 Å². The largest absolute Gasteiger partial charge is 0.334 e. The van der Waals surface area contributed by atoms with E-state index in [0.717, 1.165) is 38.0 Å². The third kappa shape index (κ3) is 3.24. The molecule has 0 aliphatic carbocycles. The summed E-state index contributed by atoms with van der Waals surface area (Å²) in [4.78, 5) is 17.0. The molecule has 1 aromatic rings. The van der Waals surface area contributed by atoms with Gasteiger partial charge in [0.25, 0.3) is 5.91 Å². The Morgan fingerprint density at radius 3 is 2.94 bits per heavy atom. The predicted octanol–water partition coefficient (Wildman–Crippen LogP) is 2.91. The van der Waals surface area contributed by atoms with Gasteiger partial charge in [-0.2, -0.15) is 0 Å². The highest BCUT2D eigenvalue weighted by Gasteiger charge is 2.27. The Morgan fingerprint density at radius 2 is 2.33 bits per heavy atom. The normalized spacial score (nSPS) is 21.9. The average Bonchev–Trinajstić information content (AvgIpc) is 2.68. The zero-order valence-electron chi connectivity index (χ0n) is 10.9. The van der Waals surface area contributed by atoms with Crippen molar-refractivity contribution in [2.75, 3.05) is 26.7 Å². The Kier molecular flexibility index (Phi) is 5.03. The van der Waals surface area contributed by atoms with Crippen LogP contribution in [0.25, 0.3) is 0 Å². The van der Waals surface area contributed by atoms with Crippen molar-refractivity contribution in [3.05, 3.63) is 19.9 Å². The summed E-state index contributed by atoms with van der Waals surface area (Å²) in [6.07, 6.45) is 2.09. The standard InChI is InChI=1S/C13H19IN2OS/c1-3-11-8-15(2)5-4-6-16(11)13(17)10-7-12(14)18-9-10/h7,9,11H,3-6,8H2,1-2H3. The molecule has 5 heteroatoms. The van der Waals surface area contributed by atoms with Gasteiger partial charge >= 0.3 is 0 Å². The van der Waals surface area contributed by atoms with E-state index in [2.05, 4.69) is 46.4 Å². The number of carbonyl (C=O) groups excluding carboxylic acids is 1. The van der Waals surface area contributed by atoms with Crippen LogP contribution in [-0.2, 0) is 0 Å². The fourth-order valence-electron chi connectivity index (χ4n) is 2.45. The lowest BCUT2D eigenvalue weighted by atomic mass is 10.1. The van der Waals surface area contributed by atoms with Crippen LogP contribution in [0.15, 0.2) is 11.4 Å². The molecule has 1 aliphatic rings. The van der Waals surface area contributed by atoms with Gasteiger partial charge in [0.2, 0.25) is 0 Å². The van der Waals surface area contributed by atoms with E-state index >= 15 is 0 Å². The molecule has 1 aromatic heterocycles. The van der Waals surface area contributed by atoms with Gasteiger partial charge in [0.05, 0.1) is 8.45 Å². The van der Waals surface area contributed by atoms with Crippen LogP contribution in [0.2, 0.25) is 0 Å². The molecule has 2 rings (SSSR count). The number of nitrogens with zero attached hydrogens (tertiary/aromatic N) is 2. The Morgan fingerprint density at radius 1 is 1.56 bits per heavy atom. The Bertz CT molecular complexity index is 421. The van der Waals surface area contributed by atoms with Crippen molar-refractivity contribution in [3.63, 3.8) is 0 Å². The van der Waals surface area contributed by atoms with Gasteiger partial charge < -0.3 is 9.80 Å². The van der Waals surface area contributed by atoms with Gasteiger partial charge in [-0.15, -0.1) is 11.3 Å². The van der Waals surface area contributed by atoms with Crippen molar-refractivity contribution in [1.82, 2.24) is 9.80 Å². The molecule has 3 nitrogen and oxygen atoms in total. The second kappa shape index (κ2) is 6.34. The van der Waals surface area contributed by atoms with Gasteiger partial charge in [-0.1, -0.05) is 6.92 Å². The Balaban J connectivity index is 2.16. The number of carbonyl (C=O) groups is 1. The lowest BCUT2D eigenvalue weighted by Crippen LogP contribution is -2.43. The third-order valence-electron chi connectivity index (χ3n) is 3.45. The van der Waals surface area contributed by atoms with Crippen molar-refractivity contribution in [1.29, 1.82) is 0 Å². The topological polar surface area (TPSA) is 23.6 Å². The van der Waals surface area contributed by atoms with Crippen molar-refractivity contribution in [2.24, 2.45) is 0 Å². The van der Waals surface area contributed by atoms with Crippen LogP contribution in [0.5, 0.6) is 0 Å². The molecule has 18 heavy (non-hydrogen) atoms. The van der Waals surface area contributed by atoms with Crippen molar-refractivity contribution >= 4 is 39.8 Å². The number of amides is 1. The maximum Gasteiger partial charge on any atom is 0.255 e. The summed E-state index contributed by atoms with van der Waals surface area (Å²) in [7, 11) is 2.14. The fraction of sp³-hybridized carbons (Fsp3) is 0.615. The van der Waals surface area contributed by atoms with Crippen LogP contribution in [0.3, 0.4) is 0 Å². The molecule has 1 amide bonds. The highest BCUT2D eigenvalue weighted by molar-refractivity contribution is 14.1. The average molecular weight is 378 g/mol. The first kappa shape index (κ1) is 14.3. The minimum Gasteiger partial charge on any atom is -0.334 e. The minimum absolute atomic E-state index is 0.205. The van der Waals surface area contributed by atoms with Gasteiger partial charge in [-0.05, 0) is 55.1 Å². The molecule has 1 fully saturated rings. The van der Waals surface area contributed by atoms with Gasteiger partial charge in [0.1, 0.15) is 0 Å². The first-order valence-electron chi connectivity index (χ1n) is 6.35. The maximum atomic E-state index is 12.6. The molecule has 0 N–H and O–H groups in total. The molecule has 0 radical (unpaired) electrons. The zero-order chi connectivity index (χ0) is 13.1. The van der Waals surface area contributed by atoms with E-state index in [4.69, 9.17) is 0 Å². The van der Waals surface area contributed by atoms with Crippen LogP contribution < -0.4 is 0 Å². The van der Waals surface area contributed by atoms with Crippen molar-refractivity contribution < 1.29 is 4.79 Å². The first-order chi connectivity index (χ1) is 8.61. The number of hydrogen-bond acceptors (Lipinski definition) is 3. The van der Waals surface area contributed by atoms with Crippen LogP contribution in [0.4, 0.5) is 0 Å². The molecule has 1 unspecified atom stereocenters. The molecule has 0 spiro atoms. The molecule has 2 heterocycles. The molecule has 100 valence electrons. The predicted molar refractivity (Wildman–Crippen MR) is 84.3 cm³/mol. The summed E-state index contributed by atoms with van der Waals surface area (Å²) in [5.41, 5.74) is 0.854. The van der Waals surface area contributed by atoms with Crippen LogP contribution in [-0.4, -0.2) is 48.4 Å². The number of halogens is 1. The molecule has 1 aliphatic heterocycles. The Labute approximate surface area is 126 Å². The number of thiophene rings is 1. The van der Waals surface area contributed by atoms with E-state index in [1.165, 1.54) is 2.88 Å². The minimum atomic E-state index is 0.205. The van der Waals surface area contributed by atoms with Crippen molar-refractivity contribution in [2.45, 2.75) is 25.8 Å². The number of hydrogen-bond donors (Lipinski definition) is 0. The highest BCUT2D eigenvalue weighted by atomic mass is 127. The summed E-state index contributed by atoms with van der Waals surface area (Å²) in [5, 5.41) is 1.98. The SMILES string of the molecule is CCC1CN(C)CCCN1C(=O)c1csc(I)c1. The number of rotatable bonds is 2. The van der Waals surface area contributed by atoms with E-state index in [1.807, 2.05) is 11.4 Å². The summed E-state index contributed by atoms with van der Waals surface area (Å²) in [6.45, 7) is 5.13. The maximum absolute atomic E-state index is 12.6. The van der Waals surface area contributed by atoms with E-state index < -0.39 is 0 Å². The molecule has 1 atom stereocenters. The third-order valence-corrected chi connectivity index (χ3v) is 5.24. The van der Waals surface area contributed by atoms with E-state index in [-0.39, 0.29) is 5.91 Å². The molecular weight excluding hydrogens is 359 g/mol. The van der Waals surface area contributed by atoms with E-state index in [9.17, 15) is 4.79 Å². The van der Waals surface area contributed by atoms with E-state index in [0.29, 0.717) is 6.04 Å². The van der Waals surface area contributed by atoms with E-state index in [1.54, 1.807) is 11.3 Å². The lowest BCUT2D eigenvalue weighted by Gasteiger charge is -2.30. The van der Waals surface area contributed by atoms with Gasteiger partial charge in [0.15, 0.2) is 0 Å². The van der Waals surface area contributed by atoms with Gasteiger partial charge in [-0.3, -0.25) is 4.79 Å². The monoisotopic (exact) mass is 378 g/mol. The molecule has 0 bridgehead atoms. The van der Waals surface area contributed by atoms with Crippen LogP contribution in [0.1, 0.15) is 30.1 Å². The van der Waals surface area contributed by atoms with Crippen LogP contribution >= 0.6 is 33.9 Å². The molecule has 1 saturated heterocycles.